The van der Waals surface area contributed by atoms with E-state index in [-0.39, 0.29) is 30.3 Å². The maximum atomic E-state index is 12.2. The van der Waals surface area contributed by atoms with Crippen molar-refractivity contribution in [3.63, 3.8) is 0 Å². The Kier molecular flexibility index (Phi) is 5.62. The topological polar surface area (TPSA) is 73.2 Å². The van der Waals surface area contributed by atoms with E-state index in [0.717, 1.165) is 5.56 Å². The molecule has 1 heterocycles. The number of para-hydroxylation sites is 2. The molecule has 0 aliphatic heterocycles. The van der Waals surface area contributed by atoms with Crippen molar-refractivity contribution in [3.8, 4) is 5.75 Å². The summed E-state index contributed by atoms with van der Waals surface area (Å²) in [6.07, 6.45) is -3.14. The standard InChI is InChI=1S/C19H16F3N3O3/c20-19(21,22)28-14-7-5-13(6-8-14)9-10-23-17(26)12-25-16-4-2-1-3-15(16)24-11-18(25)27/h1-8,11H,9-10,12H2,(H,23,26). The first-order valence-electron chi connectivity index (χ1n) is 8.38. The third-order valence-electron chi connectivity index (χ3n) is 3.95. The first-order chi connectivity index (χ1) is 13.3. The van der Waals surface area contributed by atoms with Crippen LogP contribution in [-0.4, -0.2) is 28.4 Å². The van der Waals surface area contributed by atoms with Crippen LogP contribution in [0.3, 0.4) is 0 Å². The smallest absolute Gasteiger partial charge is 0.406 e. The highest BCUT2D eigenvalue weighted by molar-refractivity contribution is 5.79. The molecule has 28 heavy (non-hydrogen) atoms. The number of carbonyl (C=O) groups excluding carboxylic acids is 1. The first kappa shape index (κ1) is 19.4. The van der Waals surface area contributed by atoms with E-state index in [0.29, 0.717) is 17.5 Å². The van der Waals surface area contributed by atoms with Gasteiger partial charge in [-0.1, -0.05) is 24.3 Å². The average Bonchev–Trinajstić information content (AvgIpc) is 2.64. The van der Waals surface area contributed by atoms with Crippen molar-refractivity contribution in [2.45, 2.75) is 19.3 Å². The fraction of sp³-hybridized carbons (Fsp3) is 0.211. The van der Waals surface area contributed by atoms with Gasteiger partial charge in [-0.15, -0.1) is 13.2 Å². The number of halogens is 3. The number of aromatic nitrogens is 2. The van der Waals surface area contributed by atoms with Gasteiger partial charge in [-0.05, 0) is 36.2 Å². The zero-order chi connectivity index (χ0) is 20.1. The molecular formula is C19H16F3N3O3. The zero-order valence-electron chi connectivity index (χ0n) is 14.6. The molecule has 0 fully saturated rings. The number of carbonyl (C=O) groups is 1. The van der Waals surface area contributed by atoms with Crippen LogP contribution < -0.4 is 15.6 Å². The zero-order valence-corrected chi connectivity index (χ0v) is 14.6. The lowest BCUT2D eigenvalue weighted by Gasteiger charge is -2.11. The van der Waals surface area contributed by atoms with Crippen LogP contribution in [0.15, 0.2) is 59.5 Å². The summed E-state index contributed by atoms with van der Waals surface area (Å²) >= 11 is 0. The summed E-state index contributed by atoms with van der Waals surface area (Å²) in [7, 11) is 0. The molecule has 1 N–H and O–H groups in total. The van der Waals surface area contributed by atoms with E-state index < -0.39 is 6.36 Å². The second kappa shape index (κ2) is 8.12. The Morgan fingerprint density at radius 1 is 1.11 bits per heavy atom. The number of benzene rings is 2. The van der Waals surface area contributed by atoms with Gasteiger partial charge in [0.1, 0.15) is 12.3 Å². The first-order valence-corrected chi connectivity index (χ1v) is 8.38. The maximum absolute atomic E-state index is 12.2. The van der Waals surface area contributed by atoms with Crippen molar-refractivity contribution in [3.05, 3.63) is 70.6 Å². The van der Waals surface area contributed by atoms with Crippen LogP contribution in [-0.2, 0) is 17.8 Å². The predicted molar refractivity (Wildman–Crippen MR) is 95.8 cm³/mol. The summed E-state index contributed by atoms with van der Waals surface area (Å²) in [4.78, 5) is 28.2. The molecule has 0 radical (unpaired) electrons. The molecule has 0 bridgehead atoms. The van der Waals surface area contributed by atoms with Crippen LogP contribution in [0, 0.1) is 0 Å². The van der Waals surface area contributed by atoms with Crippen molar-refractivity contribution < 1.29 is 22.7 Å². The quantitative estimate of drug-likeness (QED) is 0.701. The van der Waals surface area contributed by atoms with Gasteiger partial charge in [0.2, 0.25) is 5.91 Å². The molecule has 0 unspecified atom stereocenters. The molecular weight excluding hydrogens is 375 g/mol. The van der Waals surface area contributed by atoms with Crippen molar-refractivity contribution in [2.24, 2.45) is 0 Å². The molecule has 3 aromatic rings. The minimum atomic E-state index is -4.73. The van der Waals surface area contributed by atoms with Gasteiger partial charge in [-0.2, -0.15) is 0 Å². The molecule has 0 aliphatic carbocycles. The van der Waals surface area contributed by atoms with Crippen LogP contribution in [0.2, 0.25) is 0 Å². The molecule has 3 rings (SSSR count). The second-order valence-corrected chi connectivity index (χ2v) is 5.96. The lowest BCUT2D eigenvalue weighted by Crippen LogP contribution is -2.33. The number of nitrogens with one attached hydrogen (secondary N) is 1. The molecule has 1 amide bonds. The summed E-state index contributed by atoms with van der Waals surface area (Å²) in [6.45, 7) is 0.121. The number of nitrogens with zero attached hydrogens (tertiary/aromatic N) is 2. The minimum Gasteiger partial charge on any atom is -0.406 e. The second-order valence-electron chi connectivity index (χ2n) is 5.96. The summed E-state index contributed by atoms with van der Waals surface area (Å²) in [5.41, 5.74) is 1.52. The number of ether oxygens (including phenoxy) is 1. The third kappa shape index (κ3) is 5.09. The molecule has 0 aliphatic rings. The summed E-state index contributed by atoms with van der Waals surface area (Å²) in [5, 5.41) is 2.69. The van der Waals surface area contributed by atoms with E-state index in [1.807, 2.05) is 0 Å². The highest BCUT2D eigenvalue weighted by Crippen LogP contribution is 2.22. The molecule has 146 valence electrons. The summed E-state index contributed by atoms with van der Waals surface area (Å²) in [6, 6.07) is 12.4. The van der Waals surface area contributed by atoms with Gasteiger partial charge in [0.05, 0.1) is 17.2 Å². The monoisotopic (exact) mass is 391 g/mol. The molecule has 0 spiro atoms. The Labute approximate surface area is 157 Å². The van der Waals surface area contributed by atoms with Gasteiger partial charge >= 0.3 is 6.36 Å². The van der Waals surface area contributed by atoms with Gasteiger partial charge in [0.25, 0.3) is 5.56 Å². The fourth-order valence-electron chi connectivity index (χ4n) is 2.68. The molecule has 0 saturated heterocycles. The number of amides is 1. The van der Waals surface area contributed by atoms with Crippen molar-refractivity contribution in [2.75, 3.05) is 6.54 Å². The van der Waals surface area contributed by atoms with E-state index in [2.05, 4.69) is 15.0 Å². The van der Waals surface area contributed by atoms with Crippen LogP contribution in [0.25, 0.3) is 11.0 Å². The number of rotatable bonds is 6. The van der Waals surface area contributed by atoms with Crippen LogP contribution in [0.4, 0.5) is 13.2 Å². The number of hydrogen-bond donors (Lipinski definition) is 1. The Hall–Kier alpha value is -3.36. The molecule has 6 nitrogen and oxygen atoms in total. The van der Waals surface area contributed by atoms with Crippen LogP contribution in [0.1, 0.15) is 5.56 Å². The van der Waals surface area contributed by atoms with Gasteiger partial charge < -0.3 is 10.1 Å². The largest absolute Gasteiger partial charge is 0.573 e. The normalized spacial score (nSPS) is 11.4. The SMILES string of the molecule is O=C(Cn1c(=O)cnc2ccccc21)NCCc1ccc(OC(F)(F)F)cc1. The van der Waals surface area contributed by atoms with Crippen molar-refractivity contribution in [1.29, 1.82) is 0 Å². The minimum absolute atomic E-state index is 0.153. The molecule has 9 heteroatoms. The highest BCUT2D eigenvalue weighted by atomic mass is 19.4. The molecule has 2 aromatic carbocycles. The molecule has 1 aromatic heterocycles. The lowest BCUT2D eigenvalue weighted by molar-refractivity contribution is -0.274. The van der Waals surface area contributed by atoms with E-state index in [4.69, 9.17) is 0 Å². The maximum Gasteiger partial charge on any atom is 0.573 e. The van der Waals surface area contributed by atoms with Gasteiger partial charge in [-0.3, -0.25) is 14.2 Å². The Morgan fingerprint density at radius 2 is 1.82 bits per heavy atom. The lowest BCUT2D eigenvalue weighted by atomic mass is 10.1. The number of hydrogen-bond acceptors (Lipinski definition) is 4. The molecule has 0 atom stereocenters. The average molecular weight is 391 g/mol. The van der Waals surface area contributed by atoms with Gasteiger partial charge in [0.15, 0.2) is 0 Å². The Bertz CT molecular complexity index is 1030. The van der Waals surface area contributed by atoms with Crippen LogP contribution >= 0.6 is 0 Å². The van der Waals surface area contributed by atoms with E-state index >= 15 is 0 Å². The van der Waals surface area contributed by atoms with E-state index in [1.165, 1.54) is 35.0 Å². The number of alkyl halides is 3. The number of fused-ring (bicyclic) bond motifs is 1. The summed E-state index contributed by atoms with van der Waals surface area (Å²) < 4.78 is 41.6. The fourth-order valence-corrected chi connectivity index (χ4v) is 2.68. The predicted octanol–water partition coefficient (Wildman–Crippen LogP) is 2.65. The van der Waals surface area contributed by atoms with E-state index in [9.17, 15) is 22.8 Å². The van der Waals surface area contributed by atoms with Crippen molar-refractivity contribution in [1.82, 2.24) is 14.9 Å². The van der Waals surface area contributed by atoms with Gasteiger partial charge in [-0.25, -0.2) is 4.98 Å². The van der Waals surface area contributed by atoms with Crippen molar-refractivity contribution >= 4 is 16.9 Å². The summed E-state index contributed by atoms with van der Waals surface area (Å²) in [5.74, 6) is -0.653. The van der Waals surface area contributed by atoms with Crippen LogP contribution in [0.5, 0.6) is 5.75 Å². The Balaban J connectivity index is 1.56. The highest BCUT2D eigenvalue weighted by Gasteiger charge is 2.30. The Morgan fingerprint density at radius 3 is 2.54 bits per heavy atom. The molecule has 0 saturated carbocycles. The third-order valence-corrected chi connectivity index (χ3v) is 3.95. The van der Waals surface area contributed by atoms with Gasteiger partial charge in [0, 0.05) is 6.54 Å². The van der Waals surface area contributed by atoms with E-state index in [1.54, 1.807) is 24.3 Å².